The lowest BCUT2D eigenvalue weighted by Crippen LogP contribution is -2.23. The SMILES string of the molecule is COc1cc(Cl)c(C)cc1NC(=O)COC(=O)c1ccc(Cl)c(S(=O)(=O)N(C)C)c1. The Bertz CT molecular complexity index is 1090. The van der Waals surface area contributed by atoms with Crippen molar-refractivity contribution in [2.75, 3.05) is 33.1 Å². The van der Waals surface area contributed by atoms with Gasteiger partial charge in [0, 0.05) is 25.2 Å². The van der Waals surface area contributed by atoms with E-state index in [2.05, 4.69) is 5.32 Å². The summed E-state index contributed by atoms with van der Waals surface area (Å²) in [5.41, 5.74) is 1.03. The topological polar surface area (TPSA) is 102 Å². The van der Waals surface area contributed by atoms with E-state index in [0.717, 1.165) is 15.9 Å². The Hall–Kier alpha value is -2.33. The normalized spacial score (nSPS) is 11.3. The van der Waals surface area contributed by atoms with Gasteiger partial charge in [-0.05, 0) is 36.8 Å². The Morgan fingerprint density at radius 3 is 2.37 bits per heavy atom. The lowest BCUT2D eigenvalue weighted by atomic mass is 10.2. The molecule has 0 aliphatic rings. The van der Waals surface area contributed by atoms with Crippen LogP contribution in [0.5, 0.6) is 5.75 Å². The van der Waals surface area contributed by atoms with E-state index < -0.39 is 28.5 Å². The number of esters is 1. The Morgan fingerprint density at radius 2 is 1.77 bits per heavy atom. The second-order valence-electron chi connectivity index (χ2n) is 6.36. The van der Waals surface area contributed by atoms with E-state index in [1.807, 2.05) is 0 Å². The zero-order valence-electron chi connectivity index (χ0n) is 16.7. The molecule has 0 aliphatic carbocycles. The standard InChI is InChI=1S/C19H20Cl2N2O6S/c1-11-7-15(16(28-4)9-14(11)21)22-18(24)10-29-19(25)12-5-6-13(20)17(8-12)30(26,27)23(2)3/h5-9H,10H2,1-4H3,(H,22,24). The van der Waals surface area contributed by atoms with Gasteiger partial charge in [0.2, 0.25) is 10.0 Å². The Labute approximate surface area is 184 Å². The Balaban J connectivity index is 2.11. The summed E-state index contributed by atoms with van der Waals surface area (Å²) in [5.74, 6) is -1.14. The van der Waals surface area contributed by atoms with E-state index >= 15 is 0 Å². The lowest BCUT2D eigenvalue weighted by Gasteiger charge is -2.14. The van der Waals surface area contributed by atoms with Crippen molar-refractivity contribution >= 4 is 50.8 Å². The fourth-order valence-electron chi connectivity index (χ4n) is 2.36. The molecule has 0 unspecified atom stereocenters. The Morgan fingerprint density at radius 1 is 1.10 bits per heavy atom. The first-order chi connectivity index (χ1) is 14.0. The molecule has 2 rings (SSSR count). The number of anilines is 1. The number of methoxy groups -OCH3 is 1. The van der Waals surface area contributed by atoms with Crippen molar-refractivity contribution in [3.63, 3.8) is 0 Å². The van der Waals surface area contributed by atoms with E-state index in [0.29, 0.717) is 16.5 Å². The average molecular weight is 475 g/mol. The van der Waals surface area contributed by atoms with Gasteiger partial charge in [-0.2, -0.15) is 0 Å². The number of aryl methyl sites for hydroxylation is 1. The number of carbonyl (C=O) groups is 2. The van der Waals surface area contributed by atoms with Crippen molar-refractivity contribution in [1.29, 1.82) is 0 Å². The number of sulfonamides is 1. The first kappa shape index (κ1) is 23.9. The van der Waals surface area contributed by atoms with E-state index in [1.165, 1.54) is 33.3 Å². The highest BCUT2D eigenvalue weighted by Crippen LogP contribution is 2.31. The van der Waals surface area contributed by atoms with Gasteiger partial charge in [-0.3, -0.25) is 4.79 Å². The second kappa shape index (κ2) is 9.65. The number of carbonyl (C=O) groups excluding carboxylic acids is 2. The van der Waals surface area contributed by atoms with E-state index in [4.69, 9.17) is 32.7 Å². The highest BCUT2D eigenvalue weighted by molar-refractivity contribution is 7.89. The fraction of sp³-hybridized carbons (Fsp3) is 0.263. The van der Waals surface area contributed by atoms with Crippen LogP contribution in [0.15, 0.2) is 35.2 Å². The molecule has 2 aromatic rings. The van der Waals surface area contributed by atoms with E-state index in [1.54, 1.807) is 19.1 Å². The van der Waals surface area contributed by atoms with Crippen LogP contribution in [0, 0.1) is 6.92 Å². The summed E-state index contributed by atoms with van der Waals surface area (Å²) in [6, 6.07) is 6.86. The summed E-state index contributed by atoms with van der Waals surface area (Å²) >= 11 is 12.0. The molecule has 0 aromatic heterocycles. The molecule has 0 aliphatic heterocycles. The molecule has 0 spiro atoms. The zero-order valence-corrected chi connectivity index (χ0v) is 19.0. The summed E-state index contributed by atoms with van der Waals surface area (Å²) in [6.45, 7) is 1.17. The van der Waals surface area contributed by atoms with Gasteiger partial charge in [-0.1, -0.05) is 23.2 Å². The highest BCUT2D eigenvalue weighted by atomic mass is 35.5. The van der Waals surface area contributed by atoms with Crippen LogP contribution in [0.1, 0.15) is 15.9 Å². The van der Waals surface area contributed by atoms with Gasteiger partial charge in [-0.25, -0.2) is 17.5 Å². The van der Waals surface area contributed by atoms with Gasteiger partial charge in [0.15, 0.2) is 6.61 Å². The summed E-state index contributed by atoms with van der Waals surface area (Å²) in [7, 11) is 0.248. The largest absolute Gasteiger partial charge is 0.495 e. The number of nitrogens with one attached hydrogen (secondary N) is 1. The molecular weight excluding hydrogens is 455 g/mol. The van der Waals surface area contributed by atoms with Crippen LogP contribution in [-0.4, -0.2) is 52.4 Å². The predicted molar refractivity (Wildman–Crippen MR) is 114 cm³/mol. The maximum Gasteiger partial charge on any atom is 0.338 e. The molecule has 30 heavy (non-hydrogen) atoms. The highest BCUT2D eigenvalue weighted by Gasteiger charge is 2.23. The summed E-state index contributed by atoms with van der Waals surface area (Å²) in [6.07, 6.45) is 0. The third kappa shape index (κ3) is 5.42. The number of benzene rings is 2. The molecule has 8 nitrogen and oxygen atoms in total. The minimum absolute atomic E-state index is 0.0387. The van der Waals surface area contributed by atoms with Gasteiger partial charge in [0.1, 0.15) is 10.6 Å². The predicted octanol–water partition coefficient (Wildman–Crippen LogP) is 3.36. The Kier molecular flexibility index (Phi) is 7.70. The average Bonchev–Trinajstić information content (AvgIpc) is 2.68. The van der Waals surface area contributed by atoms with Gasteiger partial charge >= 0.3 is 5.97 Å². The maximum absolute atomic E-state index is 12.3. The van der Waals surface area contributed by atoms with Crippen molar-refractivity contribution in [2.24, 2.45) is 0 Å². The van der Waals surface area contributed by atoms with Gasteiger partial charge in [-0.15, -0.1) is 0 Å². The molecule has 2 aromatic carbocycles. The quantitative estimate of drug-likeness (QED) is 0.617. The molecule has 1 N–H and O–H groups in total. The van der Waals surface area contributed by atoms with Crippen molar-refractivity contribution in [3.05, 3.63) is 51.5 Å². The first-order valence-corrected chi connectivity index (χ1v) is 10.7. The molecule has 162 valence electrons. The summed E-state index contributed by atoms with van der Waals surface area (Å²) in [4.78, 5) is 24.2. The number of hydrogen-bond donors (Lipinski definition) is 1. The molecule has 0 fully saturated rings. The van der Waals surface area contributed by atoms with Crippen molar-refractivity contribution < 1.29 is 27.5 Å². The van der Waals surface area contributed by atoms with Crippen molar-refractivity contribution in [1.82, 2.24) is 4.31 Å². The number of amides is 1. The fourth-order valence-corrected chi connectivity index (χ4v) is 3.90. The molecule has 0 saturated heterocycles. The van der Waals surface area contributed by atoms with Crippen LogP contribution >= 0.6 is 23.2 Å². The molecule has 0 radical (unpaired) electrons. The van der Waals surface area contributed by atoms with Crippen LogP contribution < -0.4 is 10.1 Å². The van der Waals surface area contributed by atoms with Gasteiger partial charge in [0.25, 0.3) is 5.91 Å². The lowest BCUT2D eigenvalue weighted by molar-refractivity contribution is -0.119. The summed E-state index contributed by atoms with van der Waals surface area (Å²) in [5, 5.41) is 3.01. The van der Waals surface area contributed by atoms with Crippen LogP contribution in [0.2, 0.25) is 10.0 Å². The maximum atomic E-state index is 12.3. The van der Waals surface area contributed by atoms with Crippen LogP contribution in [0.3, 0.4) is 0 Å². The van der Waals surface area contributed by atoms with Crippen LogP contribution in [-0.2, 0) is 19.6 Å². The first-order valence-electron chi connectivity index (χ1n) is 8.50. The number of nitrogens with zero attached hydrogens (tertiary/aromatic N) is 1. The molecular formula is C19H20Cl2N2O6S. The zero-order chi connectivity index (χ0) is 22.6. The van der Waals surface area contributed by atoms with E-state index in [-0.39, 0.29) is 15.5 Å². The third-order valence-electron chi connectivity index (χ3n) is 4.01. The van der Waals surface area contributed by atoms with Crippen molar-refractivity contribution in [2.45, 2.75) is 11.8 Å². The van der Waals surface area contributed by atoms with Gasteiger partial charge < -0.3 is 14.8 Å². The van der Waals surface area contributed by atoms with Crippen molar-refractivity contribution in [3.8, 4) is 5.75 Å². The smallest absolute Gasteiger partial charge is 0.338 e. The minimum Gasteiger partial charge on any atom is -0.495 e. The van der Waals surface area contributed by atoms with Crippen LogP contribution in [0.4, 0.5) is 5.69 Å². The monoisotopic (exact) mass is 474 g/mol. The number of rotatable bonds is 7. The number of hydrogen-bond acceptors (Lipinski definition) is 6. The minimum atomic E-state index is -3.86. The van der Waals surface area contributed by atoms with Gasteiger partial charge in [0.05, 0.1) is 23.4 Å². The molecule has 0 bridgehead atoms. The number of halogens is 2. The number of ether oxygens (including phenoxy) is 2. The summed E-state index contributed by atoms with van der Waals surface area (Å²) < 4.78 is 35.8. The second-order valence-corrected chi connectivity index (χ2v) is 9.29. The van der Waals surface area contributed by atoms with Crippen LogP contribution in [0.25, 0.3) is 0 Å². The molecule has 1 amide bonds. The molecule has 11 heteroatoms. The molecule has 0 saturated carbocycles. The molecule has 0 heterocycles. The third-order valence-corrected chi connectivity index (χ3v) is 6.72. The van der Waals surface area contributed by atoms with E-state index in [9.17, 15) is 18.0 Å². The molecule has 0 atom stereocenters.